The Hall–Kier alpha value is -1.27. The van der Waals surface area contributed by atoms with Gasteiger partial charge in [0.2, 0.25) is 10.0 Å². The molecule has 5 nitrogen and oxygen atoms in total. The number of rotatable bonds is 4. The third kappa shape index (κ3) is 3.01. The van der Waals surface area contributed by atoms with Gasteiger partial charge in [0.05, 0.1) is 7.11 Å². The molecular weight excluding hydrogens is 264 g/mol. The van der Waals surface area contributed by atoms with E-state index in [0.717, 1.165) is 25.7 Å². The summed E-state index contributed by atoms with van der Waals surface area (Å²) >= 11 is 0. The second-order valence-corrected chi connectivity index (χ2v) is 6.93. The molecule has 6 heteroatoms. The van der Waals surface area contributed by atoms with E-state index >= 15 is 0 Å². The third-order valence-corrected chi connectivity index (χ3v) is 5.22. The summed E-state index contributed by atoms with van der Waals surface area (Å²) < 4.78 is 32.9. The lowest BCUT2D eigenvalue weighted by Crippen LogP contribution is -2.43. The molecule has 1 aliphatic rings. The second kappa shape index (κ2) is 5.02. The minimum absolute atomic E-state index is 0.100. The molecule has 0 aromatic heterocycles. The zero-order valence-electron chi connectivity index (χ0n) is 11.3. The van der Waals surface area contributed by atoms with Crippen molar-refractivity contribution in [3.05, 3.63) is 18.2 Å². The van der Waals surface area contributed by atoms with Gasteiger partial charge in [-0.1, -0.05) is 12.8 Å². The van der Waals surface area contributed by atoms with Gasteiger partial charge in [-0.15, -0.1) is 0 Å². The largest absolute Gasteiger partial charge is 0.495 e. The lowest BCUT2D eigenvalue weighted by Gasteiger charge is -2.25. The van der Waals surface area contributed by atoms with E-state index in [-0.39, 0.29) is 10.4 Å². The van der Waals surface area contributed by atoms with Crippen LogP contribution in [-0.2, 0) is 10.0 Å². The Bertz CT molecular complexity index is 563. The highest BCUT2D eigenvalue weighted by atomic mass is 32.2. The lowest BCUT2D eigenvalue weighted by atomic mass is 10.0. The lowest BCUT2D eigenvalue weighted by molar-refractivity contribution is 0.397. The highest BCUT2D eigenvalue weighted by molar-refractivity contribution is 7.89. The molecule has 0 amide bonds. The Balaban J connectivity index is 2.36. The molecule has 0 heterocycles. The Morgan fingerprint density at radius 1 is 1.32 bits per heavy atom. The molecule has 0 atom stereocenters. The van der Waals surface area contributed by atoms with Crippen LogP contribution < -0.4 is 15.2 Å². The van der Waals surface area contributed by atoms with Crippen LogP contribution in [0.25, 0.3) is 0 Å². The Morgan fingerprint density at radius 2 is 1.95 bits per heavy atom. The van der Waals surface area contributed by atoms with Gasteiger partial charge in [0.15, 0.2) is 0 Å². The van der Waals surface area contributed by atoms with Crippen LogP contribution in [-0.4, -0.2) is 21.1 Å². The van der Waals surface area contributed by atoms with Gasteiger partial charge >= 0.3 is 0 Å². The van der Waals surface area contributed by atoms with Crippen molar-refractivity contribution in [1.29, 1.82) is 0 Å². The first-order chi connectivity index (χ1) is 8.86. The quantitative estimate of drug-likeness (QED) is 0.827. The minimum atomic E-state index is -3.62. The summed E-state index contributed by atoms with van der Waals surface area (Å²) in [6.45, 7) is 1.94. The number of nitrogens with two attached hydrogens (primary N) is 1. The van der Waals surface area contributed by atoms with Crippen LogP contribution in [0.1, 0.15) is 32.6 Å². The zero-order chi connectivity index (χ0) is 14.1. The number of ether oxygens (including phenoxy) is 1. The van der Waals surface area contributed by atoms with Crippen molar-refractivity contribution in [3.8, 4) is 5.75 Å². The molecule has 0 radical (unpaired) electrons. The topological polar surface area (TPSA) is 81.4 Å². The summed E-state index contributed by atoms with van der Waals surface area (Å²) in [4.78, 5) is 0.100. The average molecular weight is 284 g/mol. The van der Waals surface area contributed by atoms with Gasteiger partial charge in [-0.2, -0.15) is 0 Å². The van der Waals surface area contributed by atoms with Crippen molar-refractivity contribution in [2.75, 3.05) is 12.8 Å². The maximum atomic E-state index is 12.5. The van der Waals surface area contributed by atoms with E-state index in [1.54, 1.807) is 12.1 Å². The van der Waals surface area contributed by atoms with E-state index in [0.29, 0.717) is 11.4 Å². The summed E-state index contributed by atoms with van der Waals surface area (Å²) in [5, 5.41) is 0. The highest BCUT2D eigenvalue weighted by Crippen LogP contribution is 2.33. The summed E-state index contributed by atoms with van der Waals surface area (Å²) in [7, 11) is -2.18. The Kier molecular flexibility index (Phi) is 3.73. The first-order valence-electron chi connectivity index (χ1n) is 6.34. The third-order valence-electron chi connectivity index (χ3n) is 3.57. The van der Waals surface area contributed by atoms with Crippen LogP contribution in [0, 0.1) is 0 Å². The average Bonchev–Trinajstić information content (AvgIpc) is 2.74. The SMILES string of the molecule is COc1ccc(N)cc1S(=O)(=O)NC1(C)CCCC1. The number of nitrogens with one attached hydrogen (secondary N) is 1. The molecule has 0 saturated heterocycles. The molecule has 0 aliphatic heterocycles. The summed E-state index contributed by atoms with van der Waals surface area (Å²) in [6.07, 6.45) is 3.81. The van der Waals surface area contributed by atoms with Gasteiger partial charge in [0.1, 0.15) is 10.6 Å². The molecular formula is C13H20N2O3S. The van der Waals surface area contributed by atoms with Crippen LogP contribution in [0.4, 0.5) is 5.69 Å². The van der Waals surface area contributed by atoms with Crippen molar-refractivity contribution < 1.29 is 13.2 Å². The van der Waals surface area contributed by atoms with Gasteiger partial charge in [-0.3, -0.25) is 0 Å². The maximum Gasteiger partial charge on any atom is 0.244 e. The van der Waals surface area contributed by atoms with Crippen molar-refractivity contribution in [2.24, 2.45) is 0 Å². The highest BCUT2D eigenvalue weighted by Gasteiger charge is 2.34. The monoisotopic (exact) mass is 284 g/mol. The van der Waals surface area contributed by atoms with Crippen LogP contribution in [0.2, 0.25) is 0 Å². The number of sulfonamides is 1. The summed E-state index contributed by atoms with van der Waals surface area (Å²) in [5.41, 5.74) is 5.71. The number of benzene rings is 1. The van der Waals surface area contributed by atoms with Gasteiger partial charge in [0.25, 0.3) is 0 Å². The molecule has 1 fully saturated rings. The molecule has 19 heavy (non-hydrogen) atoms. The molecule has 106 valence electrons. The zero-order valence-corrected chi connectivity index (χ0v) is 12.1. The number of hydrogen-bond acceptors (Lipinski definition) is 4. The first kappa shape index (κ1) is 14.1. The molecule has 1 aromatic rings. The van der Waals surface area contributed by atoms with E-state index in [4.69, 9.17) is 10.5 Å². The predicted molar refractivity (Wildman–Crippen MR) is 74.6 cm³/mol. The molecule has 1 saturated carbocycles. The van der Waals surface area contributed by atoms with Gasteiger partial charge in [-0.25, -0.2) is 13.1 Å². The minimum Gasteiger partial charge on any atom is -0.495 e. The number of methoxy groups -OCH3 is 1. The van der Waals surface area contributed by atoms with Crippen molar-refractivity contribution in [2.45, 2.75) is 43.0 Å². The van der Waals surface area contributed by atoms with Crippen LogP contribution in [0.5, 0.6) is 5.75 Å². The normalized spacial score (nSPS) is 18.4. The summed E-state index contributed by atoms with van der Waals surface area (Å²) in [6, 6.07) is 4.62. The number of nitrogen functional groups attached to an aromatic ring is 1. The first-order valence-corrected chi connectivity index (χ1v) is 7.82. The Morgan fingerprint density at radius 3 is 2.53 bits per heavy atom. The number of anilines is 1. The standard InChI is InChI=1S/C13H20N2O3S/c1-13(7-3-4-8-13)15-19(16,17)12-9-10(14)5-6-11(12)18-2/h5-6,9,15H,3-4,7-8,14H2,1-2H3. The predicted octanol–water partition coefficient (Wildman–Crippen LogP) is 1.89. The fourth-order valence-electron chi connectivity index (χ4n) is 2.54. The van der Waals surface area contributed by atoms with E-state index in [1.807, 2.05) is 6.92 Å². The Labute approximate surface area is 114 Å². The van der Waals surface area contributed by atoms with Crippen LogP contribution in [0.3, 0.4) is 0 Å². The summed E-state index contributed by atoms with van der Waals surface area (Å²) in [5.74, 6) is 0.309. The number of hydrogen-bond donors (Lipinski definition) is 2. The van der Waals surface area contributed by atoms with E-state index in [1.165, 1.54) is 13.2 Å². The molecule has 1 aliphatic carbocycles. The molecule has 0 spiro atoms. The van der Waals surface area contributed by atoms with Crippen LogP contribution >= 0.6 is 0 Å². The molecule has 3 N–H and O–H groups in total. The molecule has 0 unspecified atom stereocenters. The second-order valence-electron chi connectivity index (χ2n) is 5.28. The fraction of sp³-hybridized carbons (Fsp3) is 0.538. The van der Waals surface area contributed by atoms with Crippen LogP contribution in [0.15, 0.2) is 23.1 Å². The molecule has 2 rings (SSSR count). The van der Waals surface area contributed by atoms with Crippen molar-refractivity contribution >= 4 is 15.7 Å². The van der Waals surface area contributed by atoms with Gasteiger partial charge < -0.3 is 10.5 Å². The van der Waals surface area contributed by atoms with E-state index in [2.05, 4.69) is 4.72 Å². The van der Waals surface area contributed by atoms with Crippen molar-refractivity contribution in [1.82, 2.24) is 4.72 Å². The smallest absolute Gasteiger partial charge is 0.244 e. The fourth-order valence-corrected chi connectivity index (χ4v) is 4.21. The molecule has 1 aromatic carbocycles. The maximum absolute atomic E-state index is 12.5. The van der Waals surface area contributed by atoms with E-state index < -0.39 is 10.0 Å². The molecule has 0 bridgehead atoms. The van der Waals surface area contributed by atoms with Crippen molar-refractivity contribution in [3.63, 3.8) is 0 Å². The van der Waals surface area contributed by atoms with Gasteiger partial charge in [0, 0.05) is 11.2 Å². The van der Waals surface area contributed by atoms with Gasteiger partial charge in [-0.05, 0) is 38.0 Å². The van der Waals surface area contributed by atoms with E-state index in [9.17, 15) is 8.42 Å².